The van der Waals surface area contributed by atoms with Gasteiger partial charge in [0.1, 0.15) is 13.7 Å². The van der Waals surface area contributed by atoms with Crippen molar-refractivity contribution < 1.29 is 19.1 Å². The average Bonchev–Trinajstić information content (AvgIpc) is 2.84. The number of amides is 1. The van der Waals surface area contributed by atoms with Gasteiger partial charge in [0.25, 0.3) is 5.91 Å². The summed E-state index contributed by atoms with van der Waals surface area (Å²) in [5.41, 5.74) is 6.28. The van der Waals surface area contributed by atoms with Crippen LogP contribution < -0.4 is 14.8 Å². The number of nitrogens with zero attached hydrogens (tertiary/aromatic N) is 2. The molecule has 184 valence electrons. The first-order valence-corrected chi connectivity index (χ1v) is 11.4. The summed E-state index contributed by atoms with van der Waals surface area (Å²) < 4.78 is 11.2. The third kappa shape index (κ3) is 6.83. The standard InChI is InChI=1S/C28H33N3O4/c1-19-17-23(20(2)30-34-6)11-13-25(19)21-7-9-22(10-8-21)28(32)29-24-12-14-26(33-5)27(18-24)35-16-15-31(3)4/h7-14,17-18H,15-16H2,1-6H3,(H,29,32)/b30-20+. The number of methoxy groups -OCH3 is 1. The molecule has 0 aromatic heterocycles. The highest BCUT2D eigenvalue weighted by Crippen LogP contribution is 2.31. The molecule has 1 amide bonds. The molecule has 7 heteroatoms. The Morgan fingerprint density at radius 2 is 1.66 bits per heavy atom. The van der Waals surface area contributed by atoms with Gasteiger partial charge in [0.05, 0.1) is 12.8 Å². The number of benzene rings is 3. The van der Waals surface area contributed by atoms with Gasteiger partial charge in [-0.05, 0) is 80.5 Å². The van der Waals surface area contributed by atoms with Crippen LogP contribution in [0.1, 0.15) is 28.4 Å². The molecule has 0 atom stereocenters. The molecular weight excluding hydrogens is 442 g/mol. The van der Waals surface area contributed by atoms with Crippen molar-refractivity contribution in [3.63, 3.8) is 0 Å². The number of rotatable bonds is 10. The highest BCUT2D eigenvalue weighted by Gasteiger charge is 2.12. The maximum Gasteiger partial charge on any atom is 0.255 e. The normalized spacial score (nSPS) is 11.3. The number of aryl methyl sites for hydroxylation is 1. The quantitative estimate of drug-likeness (QED) is 0.321. The number of likely N-dealkylation sites (N-methyl/N-ethyl adjacent to an activating group) is 1. The van der Waals surface area contributed by atoms with E-state index in [0.29, 0.717) is 29.4 Å². The second-order valence-electron chi connectivity index (χ2n) is 8.44. The van der Waals surface area contributed by atoms with Crippen molar-refractivity contribution in [2.24, 2.45) is 5.16 Å². The molecule has 1 N–H and O–H groups in total. The number of nitrogens with one attached hydrogen (secondary N) is 1. The van der Waals surface area contributed by atoms with E-state index in [0.717, 1.165) is 34.5 Å². The Bertz CT molecular complexity index is 1190. The predicted octanol–water partition coefficient (Wildman–Crippen LogP) is 5.23. The Morgan fingerprint density at radius 3 is 2.29 bits per heavy atom. The molecule has 3 aromatic rings. The van der Waals surface area contributed by atoms with Gasteiger partial charge in [0, 0.05) is 23.9 Å². The van der Waals surface area contributed by atoms with Crippen molar-refractivity contribution in [2.45, 2.75) is 13.8 Å². The third-order valence-electron chi connectivity index (χ3n) is 5.55. The lowest BCUT2D eigenvalue weighted by molar-refractivity contribution is 0.102. The van der Waals surface area contributed by atoms with Gasteiger partial charge >= 0.3 is 0 Å². The molecule has 3 rings (SSSR count). The first kappa shape index (κ1) is 25.8. The summed E-state index contributed by atoms with van der Waals surface area (Å²) >= 11 is 0. The molecule has 0 unspecified atom stereocenters. The Morgan fingerprint density at radius 1 is 0.943 bits per heavy atom. The van der Waals surface area contributed by atoms with Gasteiger partial charge in [-0.25, -0.2) is 0 Å². The molecule has 0 fully saturated rings. The van der Waals surface area contributed by atoms with E-state index in [1.165, 1.54) is 7.11 Å². The SMILES string of the molecule is CO/N=C(\C)c1ccc(-c2ccc(C(=O)Nc3ccc(OC)c(OCCN(C)C)c3)cc2)c(C)c1. The van der Waals surface area contributed by atoms with Crippen LogP contribution in [0.3, 0.4) is 0 Å². The third-order valence-corrected chi connectivity index (χ3v) is 5.55. The summed E-state index contributed by atoms with van der Waals surface area (Å²) in [5.74, 6) is 1.02. The van der Waals surface area contributed by atoms with Gasteiger partial charge in [0.15, 0.2) is 11.5 Å². The Hall–Kier alpha value is -3.84. The zero-order valence-electron chi connectivity index (χ0n) is 21.2. The Kier molecular flexibility index (Phi) is 8.86. The van der Waals surface area contributed by atoms with Crippen molar-refractivity contribution in [2.75, 3.05) is 46.8 Å². The fourth-order valence-corrected chi connectivity index (χ4v) is 3.61. The number of oxime groups is 1. The molecule has 0 radical (unpaired) electrons. The lowest BCUT2D eigenvalue weighted by Gasteiger charge is -2.15. The van der Waals surface area contributed by atoms with Crippen LogP contribution in [-0.2, 0) is 4.84 Å². The van der Waals surface area contributed by atoms with E-state index in [9.17, 15) is 4.79 Å². The van der Waals surface area contributed by atoms with E-state index in [-0.39, 0.29) is 5.91 Å². The van der Waals surface area contributed by atoms with E-state index in [1.54, 1.807) is 25.3 Å². The van der Waals surface area contributed by atoms with Gasteiger partial charge in [-0.15, -0.1) is 0 Å². The lowest BCUT2D eigenvalue weighted by Crippen LogP contribution is -2.19. The first-order chi connectivity index (χ1) is 16.8. The summed E-state index contributed by atoms with van der Waals surface area (Å²) in [6, 6.07) is 19.1. The highest BCUT2D eigenvalue weighted by molar-refractivity contribution is 6.04. The Labute approximate surface area is 207 Å². The van der Waals surface area contributed by atoms with Gasteiger partial charge in [0.2, 0.25) is 0 Å². The van der Waals surface area contributed by atoms with E-state index in [4.69, 9.17) is 14.3 Å². The largest absolute Gasteiger partial charge is 0.493 e. The summed E-state index contributed by atoms with van der Waals surface area (Å²) in [7, 11) is 7.10. The summed E-state index contributed by atoms with van der Waals surface area (Å²) in [6.07, 6.45) is 0. The second-order valence-corrected chi connectivity index (χ2v) is 8.44. The van der Waals surface area contributed by atoms with Crippen LogP contribution >= 0.6 is 0 Å². The van der Waals surface area contributed by atoms with Crippen LogP contribution in [0.15, 0.2) is 65.8 Å². The minimum absolute atomic E-state index is 0.195. The van der Waals surface area contributed by atoms with Crippen molar-refractivity contribution in [1.82, 2.24) is 4.90 Å². The van der Waals surface area contributed by atoms with Crippen LogP contribution in [0, 0.1) is 6.92 Å². The summed E-state index contributed by atoms with van der Waals surface area (Å²) in [5, 5.41) is 6.94. The molecule has 0 spiro atoms. The van der Waals surface area contributed by atoms with Crippen molar-refractivity contribution in [3.05, 3.63) is 77.4 Å². The fraction of sp³-hybridized carbons (Fsp3) is 0.286. The molecule has 3 aromatic carbocycles. The smallest absolute Gasteiger partial charge is 0.255 e. The van der Waals surface area contributed by atoms with E-state index in [2.05, 4.69) is 29.5 Å². The zero-order chi connectivity index (χ0) is 25.4. The summed E-state index contributed by atoms with van der Waals surface area (Å²) in [6.45, 7) is 5.25. The van der Waals surface area contributed by atoms with Gasteiger partial charge in [-0.2, -0.15) is 0 Å². The minimum Gasteiger partial charge on any atom is -0.493 e. The van der Waals surface area contributed by atoms with Gasteiger partial charge in [-0.1, -0.05) is 29.4 Å². The van der Waals surface area contributed by atoms with Gasteiger partial charge < -0.3 is 24.5 Å². The van der Waals surface area contributed by atoms with E-state index >= 15 is 0 Å². The van der Waals surface area contributed by atoms with Gasteiger partial charge in [-0.3, -0.25) is 4.79 Å². The molecule has 7 nitrogen and oxygen atoms in total. The number of anilines is 1. The lowest BCUT2D eigenvalue weighted by atomic mass is 9.96. The van der Waals surface area contributed by atoms with Crippen LogP contribution in [0.4, 0.5) is 5.69 Å². The van der Waals surface area contributed by atoms with Crippen molar-refractivity contribution >= 4 is 17.3 Å². The number of ether oxygens (including phenoxy) is 2. The maximum atomic E-state index is 12.9. The second kappa shape index (κ2) is 12.0. The molecule has 0 saturated carbocycles. The summed E-state index contributed by atoms with van der Waals surface area (Å²) in [4.78, 5) is 19.8. The first-order valence-electron chi connectivity index (χ1n) is 11.4. The van der Waals surface area contributed by atoms with Crippen molar-refractivity contribution in [3.8, 4) is 22.6 Å². The fourth-order valence-electron chi connectivity index (χ4n) is 3.61. The maximum absolute atomic E-state index is 12.9. The minimum atomic E-state index is -0.195. The molecule has 0 aliphatic carbocycles. The molecule has 0 aliphatic heterocycles. The Balaban J connectivity index is 1.72. The van der Waals surface area contributed by atoms with E-state index in [1.807, 2.05) is 56.3 Å². The monoisotopic (exact) mass is 475 g/mol. The van der Waals surface area contributed by atoms with E-state index < -0.39 is 0 Å². The highest BCUT2D eigenvalue weighted by atomic mass is 16.6. The molecular formula is C28H33N3O4. The molecule has 0 aliphatic rings. The predicted molar refractivity (Wildman–Crippen MR) is 141 cm³/mol. The van der Waals surface area contributed by atoms with Crippen LogP contribution in [-0.4, -0.2) is 58.0 Å². The topological polar surface area (TPSA) is 72.4 Å². The number of hydrogen-bond donors (Lipinski definition) is 1. The van der Waals surface area contributed by atoms with Crippen LogP contribution in [0.25, 0.3) is 11.1 Å². The molecule has 0 bridgehead atoms. The molecule has 35 heavy (non-hydrogen) atoms. The number of hydrogen-bond acceptors (Lipinski definition) is 6. The number of carbonyl (C=O) groups excluding carboxylic acids is 1. The molecule has 0 saturated heterocycles. The van der Waals surface area contributed by atoms with Crippen LogP contribution in [0.2, 0.25) is 0 Å². The number of carbonyl (C=O) groups is 1. The zero-order valence-corrected chi connectivity index (χ0v) is 21.2. The average molecular weight is 476 g/mol. The molecule has 0 heterocycles. The van der Waals surface area contributed by atoms with Crippen LogP contribution in [0.5, 0.6) is 11.5 Å². The van der Waals surface area contributed by atoms with Crippen molar-refractivity contribution in [1.29, 1.82) is 0 Å².